The maximum Gasteiger partial charge on any atom is 0.236 e. The van der Waals surface area contributed by atoms with Crippen molar-refractivity contribution >= 4 is 5.91 Å². The SMILES string of the molecule is COCCCNC(=O)C(C)NCCCN. The minimum atomic E-state index is -0.154. The summed E-state index contributed by atoms with van der Waals surface area (Å²) in [7, 11) is 1.65. The highest BCUT2D eigenvalue weighted by Gasteiger charge is 2.09. The van der Waals surface area contributed by atoms with Gasteiger partial charge in [0.2, 0.25) is 5.91 Å². The van der Waals surface area contributed by atoms with E-state index in [4.69, 9.17) is 10.5 Å². The minimum Gasteiger partial charge on any atom is -0.385 e. The predicted octanol–water partition coefficient (Wildman–Crippen LogP) is -0.534. The predicted molar refractivity (Wildman–Crippen MR) is 60.6 cm³/mol. The van der Waals surface area contributed by atoms with Crippen molar-refractivity contribution in [3.8, 4) is 0 Å². The molecule has 1 atom stereocenters. The third kappa shape index (κ3) is 8.35. The van der Waals surface area contributed by atoms with E-state index in [9.17, 15) is 4.79 Å². The third-order valence-corrected chi connectivity index (χ3v) is 2.05. The first-order chi connectivity index (χ1) is 7.22. The standard InChI is InChI=1S/C10H23N3O2/c1-9(12-6-3-5-11)10(14)13-7-4-8-15-2/h9,12H,3-8,11H2,1-2H3,(H,13,14). The van der Waals surface area contributed by atoms with Gasteiger partial charge in [0.25, 0.3) is 0 Å². The van der Waals surface area contributed by atoms with Gasteiger partial charge in [-0.25, -0.2) is 0 Å². The molecule has 0 aromatic heterocycles. The van der Waals surface area contributed by atoms with E-state index < -0.39 is 0 Å². The highest BCUT2D eigenvalue weighted by molar-refractivity contribution is 5.81. The zero-order valence-corrected chi connectivity index (χ0v) is 9.71. The molecule has 15 heavy (non-hydrogen) atoms. The Balaban J connectivity index is 3.42. The van der Waals surface area contributed by atoms with Crippen molar-refractivity contribution < 1.29 is 9.53 Å². The van der Waals surface area contributed by atoms with Gasteiger partial charge in [-0.3, -0.25) is 4.79 Å². The van der Waals surface area contributed by atoms with Crippen LogP contribution in [0, 0.1) is 0 Å². The topological polar surface area (TPSA) is 76.4 Å². The second-order valence-corrected chi connectivity index (χ2v) is 3.46. The van der Waals surface area contributed by atoms with Crippen LogP contribution in [0.3, 0.4) is 0 Å². The van der Waals surface area contributed by atoms with E-state index in [0.29, 0.717) is 19.7 Å². The lowest BCUT2D eigenvalue weighted by molar-refractivity contribution is -0.122. The van der Waals surface area contributed by atoms with E-state index in [-0.39, 0.29) is 11.9 Å². The van der Waals surface area contributed by atoms with E-state index in [1.807, 2.05) is 6.92 Å². The summed E-state index contributed by atoms with van der Waals surface area (Å²) in [6.45, 7) is 4.62. The van der Waals surface area contributed by atoms with Crippen molar-refractivity contribution in [2.24, 2.45) is 5.73 Å². The third-order valence-electron chi connectivity index (χ3n) is 2.05. The molecule has 5 nitrogen and oxygen atoms in total. The Morgan fingerprint density at radius 2 is 2.13 bits per heavy atom. The van der Waals surface area contributed by atoms with Crippen LogP contribution in [0.4, 0.5) is 0 Å². The molecule has 0 radical (unpaired) electrons. The van der Waals surface area contributed by atoms with Crippen LogP contribution < -0.4 is 16.4 Å². The molecule has 0 aliphatic heterocycles. The average Bonchev–Trinajstić information content (AvgIpc) is 2.24. The summed E-state index contributed by atoms with van der Waals surface area (Å²) in [5.74, 6) is 0.0307. The van der Waals surface area contributed by atoms with Gasteiger partial charge in [-0.15, -0.1) is 0 Å². The molecule has 0 rings (SSSR count). The summed E-state index contributed by atoms with van der Waals surface area (Å²) in [5, 5.41) is 5.93. The molecule has 1 amide bonds. The molecule has 4 N–H and O–H groups in total. The monoisotopic (exact) mass is 217 g/mol. The number of ether oxygens (including phenoxy) is 1. The zero-order valence-electron chi connectivity index (χ0n) is 9.71. The number of hydrogen-bond donors (Lipinski definition) is 3. The molecule has 0 aliphatic carbocycles. The van der Waals surface area contributed by atoms with Crippen molar-refractivity contribution in [2.45, 2.75) is 25.8 Å². The van der Waals surface area contributed by atoms with Crippen LogP contribution in [-0.2, 0) is 9.53 Å². The Kier molecular flexibility index (Phi) is 9.46. The van der Waals surface area contributed by atoms with Crippen molar-refractivity contribution in [1.29, 1.82) is 0 Å². The molecule has 0 aromatic carbocycles. The first kappa shape index (κ1) is 14.3. The van der Waals surface area contributed by atoms with Gasteiger partial charge >= 0.3 is 0 Å². The molecule has 0 heterocycles. The fourth-order valence-electron chi connectivity index (χ4n) is 1.09. The summed E-state index contributed by atoms with van der Waals surface area (Å²) in [4.78, 5) is 11.5. The zero-order chi connectivity index (χ0) is 11.5. The number of hydrogen-bond acceptors (Lipinski definition) is 4. The molecule has 1 unspecified atom stereocenters. The average molecular weight is 217 g/mol. The molecule has 0 bridgehead atoms. The second kappa shape index (κ2) is 9.89. The van der Waals surface area contributed by atoms with Crippen LogP contribution in [0.1, 0.15) is 19.8 Å². The van der Waals surface area contributed by atoms with Crippen LogP contribution in [0.5, 0.6) is 0 Å². The molecule has 0 saturated heterocycles. The van der Waals surface area contributed by atoms with Gasteiger partial charge in [0, 0.05) is 20.3 Å². The molecular formula is C10H23N3O2. The molecule has 0 spiro atoms. The largest absolute Gasteiger partial charge is 0.385 e. The van der Waals surface area contributed by atoms with E-state index >= 15 is 0 Å². The quantitative estimate of drug-likeness (QED) is 0.454. The molecule has 0 aliphatic rings. The van der Waals surface area contributed by atoms with Gasteiger partial charge in [0.1, 0.15) is 0 Å². The van der Waals surface area contributed by atoms with Crippen molar-refractivity contribution in [2.75, 3.05) is 33.4 Å². The molecule has 5 heteroatoms. The van der Waals surface area contributed by atoms with Gasteiger partial charge in [-0.05, 0) is 32.9 Å². The molecular weight excluding hydrogens is 194 g/mol. The van der Waals surface area contributed by atoms with Gasteiger partial charge in [-0.1, -0.05) is 0 Å². The number of rotatable bonds is 9. The van der Waals surface area contributed by atoms with E-state index in [1.165, 1.54) is 0 Å². The Morgan fingerprint density at radius 3 is 2.73 bits per heavy atom. The Labute approximate surface area is 91.7 Å². The van der Waals surface area contributed by atoms with Crippen LogP contribution in [0.2, 0.25) is 0 Å². The van der Waals surface area contributed by atoms with Crippen molar-refractivity contribution in [3.05, 3.63) is 0 Å². The van der Waals surface area contributed by atoms with Gasteiger partial charge in [0.05, 0.1) is 6.04 Å². The van der Waals surface area contributed by atoms with E-state index in [2.05, 4.69) is 10.6 Å². The molecule has 0 saturated carbocycles. The highest BCUT2D eigenvalue weighted by atomic mass is 16.5. The summed E-state index contributed by atoms with van der Waals surface area (Å²) >= 11 is 0. The number of methoxy groups -OCH3 is 1. The number of carbonyl (C=O) groups excluding carboxylic acids is 1. The number of amides is 1. The normalized spacial score (nSPS) is 12.5. The lowest BCUT2D eigenvalue weighted by Crippen LogP contribution is -2.43. The summed E-state index contributed by atoms with van der Waals surface area (Å²) < 4.78 is 4.88. The maximum absolute atomic E-state index is 11.5. The first-order valence-electron chi connectivity index (χ1n) is 5.42. The maximum atomic E-state index is 11.5. The van der Waals surface area contributed by atoms with Crippen molar-refractivity contribution in [1.82, 2.24) is 10.6 Å². The van der Waals surface area contributed by atoms with Crippen molar-refractivity contribution in [3.63, 3.8) is 0 Å². The van der Waals surface area contributed by atoms with Crippen LogP contribution in [0.15, 0.2) is 0 Å². The number of nitrogens with one attached hydrogen (secondary N) is 2. The highest BCUT2D eigenvalue weighted by Crippen LogP contribution is 1.84. The fraction of sp³-hybridized carbons (Fsp3) is 0.900. The van der Waals surface area contributed by atoms with Crippen LogP contribution in [0.25, 0.3) is 0 Å². The fourth-order valence-corrected chi connectivity index (χ4v) is 1.09. The Hall–Kier alpha value is -0.650. The summed E-state index contributed by atoms with van der Waals surface area (Å²) in [6, 6.07) is -0.154. The molecule has 0 fully saturated rings. The van der Waals surface area contributed by atoms with E-state index in [1.54, 1.807) is 7.11 Å². The van der Waals surface area contributed by atoms with Gasteiger partial charge in [-0.2, -0.15) is 0 Å². The lowest BCUT2D eigenvalue weighted by atomic mass is 10.3. The van der Waals surface area contributed by atoms with Crippen LogP contribution in [-0.4, -0.2) is 45.3 Å². The lowest BCUT2D eigenvalue weighted by Gasteiger charge is -2.13. The van der Waals surface area contributed by atoms with Gasteiger partial charge in [0.15, 0.2) is 0 Å². The van der Waals surface area contributed by atoms with Crippen LogP contribution >= 0.6 is 0 Å². The smallest absolute Gasteiger partial charge is 0.236 e. The summed E-state index contributed by atoms with van der Waals surface area (Å²) in [5.41, 5.74) is 5.35. The second-order valence-electron chi connectivity index (χ2n) is 3.46. The first-order valence-corrected chi connectivity index (χ1v) is 5.42. The number of carbonyl (C=O) groups is 1. The minimum absolute atomic E-state index is 0.0307. The Morgan fingerprint density at radius 1 is 1.40 bits per heavy atom. The van der Waals surface area contributed by atoms with Gasteiger partial charge < -0.3 is 21.1 Å². The molecule has 0 aromatic rings. The number of nitrogens with two attached hydrogens (primary N) is 1. The molecule has 90 valence electrons. The van der Waals surface area contributed by atoms with E-state index in [0.717, 1.165) is 19.4 Å². The summed E-state index contributed by atoms with van der Waals surface area (Å²) in [6.07, 6.45) is 1.74. The Bertz CT molecular complexity index is 165.